The predicted octanol–water partition coefficient (Wildman–Crippen LogP) is 5.54. The molecular formula is C27H26FN5O4S. The molecule has 0 saturated heterocycles. The van der Waals surface area contributed by atoms with Crippen LogP contribution in [0.5, 0.6) is 5.75 Å². The molecule has 11 heteroatoms. The molecule has 0 fully saturated rings. The zero-order valence-corrected chi connectivity index (χ0v) is 22.1. The standard InChI is InChI=1S/C27H26FN5O4S/c1-16-13-33(15-29-16)25-30-19(14-38-25)20(34)12-22(35)31-24-21(37-26(36)32-27(2,3)4)11-10-18(23(24)28)17-8-6-5-7-9-17/h5-11,13-15H,12H2,1-4H3,(H,31,35)(H,32,36). The monoisotopic (exact) mass is 535 g/mol. The molecule has 2 heterocycles. The number of thiazole rings is 1. The molecule has 2 amide bonds. The van der Waals surface area contributed by atoms with Gasteiger partial charge in [0.1, 0.15) is 17.7 Å². The number of Topliss-reactive ketones (excluding diaryl/α,β-unsaturated/α-hetero) is 1. The zero-order chi connectivity index (χ0) is 27.4. The summed E-state index contributed by atoms with van der Waals surface area (Å²) in [6, 6.07) is 11.6. The summed E-state index contributed by atoms with van der Waals surface area (Å²) in [6.07, 6.45) is 1.93. The number of ketones is 1. The minimum absolute atomic E-state index is 0.103. The summed E-state index contributed by atoms with van der Waals surface area (Å²) < 4.78 is 22.7. The first-order chi connectivity index (χ1) is 18.0. The first-order valence-corrected chi connectivity index (χ1v) is 12.6. The number of hydrogen-bond donors (Lipinski definition) is 2. The minimum atomic E-state index is -0.819. The SMILES string of the molecule is Cc1cn(-c2nc(C(=O)CC(=O)Nc3c(OC(=O)NC(C)(C)C)ccc(-c4ccccc4)c3F)cs2)cn1. The molecule has 4 rings (SSSR count). The molecule has 2 aromatic heterocycles. The highest BCUT2D eigenvalue weighted by atomic mass is 32.1. The minimum Gasteiger partial charge on any atom is -0.408 e. The predicted molar refractivity (Wildman–Crippen MR) is 142 cm³/mol. The van der Waals surface area contributed by atoms with Gasteiger partial charge in [0.25, 0.3) is 0 Å². The molecule has 0 radical (unpaired) electrons. The van der Waals surface area contributed by atoms with Crippen LogP contribution in [0.2, 0.25) is 0 Å². The zero-order valence-electron chi connectivity index (χ0n) is 21.2. The fourth-order valence-corrected chi connectivity index (χ4v) is 4.26. The molecule has 0 bridgehead atoms. The molecule has 0 saturated carbocycles. The summed E-state index contributed by atoms with van der Waals surface area (Å²) in [7, 11) is 0. The van der Waals surface area contributed by atoms with Crippen LogP contribution in [0.15, 0.2) is 60.4 Å². The third-order valence-electron chi connectivity index (χ3n) is 5.16. The summed E-state index contributed by atoms with van der Waals surface area (Å²) in [5, 5.41) is 7.11. The van der Waals surface area contributed by atoms with Crippen molar-refractivity contribution in [1.82, 2.24) is 19.9 Å². The maximum absolute atomic E-state index is 15.7. The lowest BCUT2D eigenvalue weighted by molar-refractivity contribution is -0.115. The van der Waals surface area contributed by atoms with Crippen molar-refractivity contribution in [2.75, 3.05) is 5.32 Å². The first-order valence-electron chi connectivity index (χ1n) is 11.7. The quantitative estimate of drug-likeness (QED) is 0.237. The number of carbonyl (C=O) groups excluding carboxylic acids is 3. The number of aryl methyl sites for hydroxylation is 1. The fourth-order valence-electron chi connectivity index (χ4n) is 3.49. The van der Waals surface area contributed by atoms with Crippen molar-refractivity contribution >= 4 is 34.8 Å². The van der Waals surface area contributed by atoms with Gasteiger partial charge in [-0.1, -0.05) is 30.3 Å². The van der Waals surface area contributed by atoms with Crippen molar-refractivity contribution in [2.24, 2.45) is 0 Å². The van der Waals surface area contributed by atoms with Crippen molar-refractivity contribution in [3.8, 4) is 22.0 Å². The van der Waals surface area contributed by atoms with Gasteiger partial charge in [0.05, 0.1) is 12.1 Å². The molecule has 196 valence electrons. The van der Waals surface area contributed by atoms with E-state index in [0.29, 0.717) is 10.7 Å². The van der Waals surface area contributed by atoms with Crippen LogP contribution in [-0.2, 0) is 4.79 Å². The van der Waals surface area contributed by atoms with Gasteiger partial charge < -0.3 is 15.4 Å². The van der Waals surface area contributed by atoms with Gasteiger partial charge in [-0.15, -0.1) is 11.3 Å². The normalized spacial score (nSPS) is 11.2. The van der Waals surface area contributed by atoms with E-state index in [1.54, 1.807) is 73.6 Å². The Morgan fingerprint density at radius 1 is 1.11 bits per heavy atom. The highest BCUT2D eigenvalue weighted by Crippen LogP contribution is 2.35. The van der Waals surface area contributed by atoms with E-state index in [-0.39, 0.29) is 22.7 Å². The highest BCUT2D eigenvalue weighted by molar-refractivity contribution is 7.12. The van der Waals surface area contributed by atoms with E-state index >= 15 is 4.39 Å². The third-order valence-corrected chi connectivity index (χ3v) is 6.02. The number of hydrogen-bond acceptors (Lipinski definition) is 7. The van der Waals surface area contributed by atoms with Crippen LogP contribution in [0, 0.1) is 12.7 Å². The van der Waals surface area contributed by atoms with Gasteiger partial charge in [0.2, 0.25) is 5.91 Å². The molecule has 9 nitrogen and oxygen atoms in total. The Bertz CT molecular complexity index is 1490. The average molecular weight is 536 g/mol. The molecule has 4 aromatic rings. The number of aromatic nitrogens is 3. The third kappa shape index (κ3) is 6.48. The summed E-state index contributed by atoms with van der Waals surface area (Å²) in [6.45, 7) is 7.12. The highest BCUT2D eigenvalue weighted by Gasteiger charge is 2.23. The molecular weight excluding hydrogens is 509 g/mol. The van der Waals surface area contributed by atoms with Gasteiger partial charge in [-0.25, -0.2) is 19.2 Å². The largest absolute Gasteiger partial charge is 0.413 e. The van der Waals surface area contributed by atoms with Crippen LogP contribution in [0.25, 0.3) is 16.3 Å². The lowest BCUT2D eigenvalue weighted by Gasteiger charge is -2.21. The summed E-state index contributed by atoms with van der Waals surface area (Å²) >= 11 is 1.23. The number of halogens is 1. The second-order valence-corrected chi connectivity index (χ2v) is 10.4. The molecule has 38 heavy (non-hydrogen) atoms. The molecule has 2 aromatic carbocycles. The second kappa shape index (κ2) is 10.9. The smallest absolute Gasteiger partial charge is 0.408 e. The number of rotatable bonds is 7. The molecule has 0 aliphatic heterocycles. The Balaban J connectivity index is 1.56. The van der Waals surface area contributed by atoms with Gasteiger partial charge in [0.15, 0.2) is 22.5 Å². The molecule has 0 spiro atoms. The van der Waals surface area contributed by atoms with E-state index < -0.39 is 35.6 Å². The summed E-state index contributed by atoms with van der Waals surface area (Å²) in [5.74, 6) is -2.33. The van der Waals surface area contributed by atoms with E-state index in [1.165, 1.54) is 23.5 Å². The lowest BCUT2D eigenvalue weighted by atomic mass is 10.0. The van der Waals surface area contributed by atoms with Crippen molar-refractivity contribution in [3.63, 3.8) is 0 Å². The number of carbonyl (C=O) groups is 3. The number of nitrogens with zero attached hydrogens (tertiary/aromatic N) is 3. The van der Waals surface area contributed by atoms with E-state index in [9.17, 15) is 14.4 Å². The van der Waals surface area contributed by atoms with Crippen molar-refractivity contribution in [3.05, 3.63) is 77.6 Å². The summed E-state index contributed by atoms with van der Waals surface area (Å²) in [4.78, 5) is 46.4. The van der Waals surface area contributed by atoms with Crippen LogP contribution in [0.4, 0.5) is 14.9 Å². The van der Waals surface area contributed by atoms with Gasteiger partial charge in [-0.2, -0.15) is 0 Å². The van der Waals surface area contributed by atoms with Crippen LogP contribution >= 0.6 is 11.3 Å². The van der Waals surface area contributed by atoms with E-state index in [4.69, 9.17) is 4.74 Å². The van der Waals surface area contributed by atoms with Crippen molar-refractivity contribution in [1.29, 1.82) is 0 Å². The summed E-state index contributed by atoms with van der Waals surface area (Å²) in [5.41, 5.74) is 0.702. The van der Waals surface area contributed by atoms with Crippen LogP contribution in [-0.4, -0.2) is 37.9 Å². The topological polar surface area (TPSA) is 115 Å². The Labute approximate surface area is 222 Å². The van der Waals surface area contributed by atoms with E-state index in [2.05, 4.69) is 20.6 Å². The van der Waals surface area contributed by atoms with Gasteiger partial charge >= 0.3 is 6.09 Å². The first kappa shape index (κ1) is 26.7. The maximum Gasteiger partial charge on any atom is 0.413 e. The number of anilines is 1. The molecule has 0 aliphatic rings. The fraction of sp³-hybridized carbons (Fsp3) is 0.222. The number of nitrogens with one attached hydrogen (secondary N) is 2. The Morgan fingerprint density at radius 3 is 2.50 bits per heavy atom. The molecule has 0 unspecified atom stereocenters. The Hall–Kier alpha value is -4.38. The second-order valence-electron chi connectivity index (χ2n) is 9.52. The molecule has 0 aliphatic carbocycles. The number of ether oxygens (including phenoxy) is 1. The van der Waals surface area contributed by atoms with Crippen LogP contribution in [0.1, 0.15) is 43.4 Å². The van der Waals surface area contributed by atoms with Crippen molar-refractivity contribution < 1.29 is 23.5 Å². The van der Waals surface area contributed by atoms with Crippen LogP contribution < -0.4 is 15.4 Å². The van der Waals surface area contributed by atoms with Gasteiger partial charge in [-0.3, -0.25) is 14.2 Å². The van der Waals surface area contributed by atoms with E-state index in [1.807, 2.05) is 6.92 Å². The maximum atomic E-state index is 15.7. The average Bonchev–Trinajstić information content (AvgIpc) is 3.50. The van der Waals surface area contributed by atoms with E-state index in [0.717, 1.165) is 5.69 Å². The number of benzene rings is 2. The Morgan fingerprint density at radius 2 is 1.84 bits per heavy atom. The Kier molecular flexibility index (Phi) is 7.67. The molecule has 0 atom stereocenters. The molecule has 2 N–H and O–H groups in total. The number of amides is 2. The number of imidazole rings is 1. The van der Waals surface area contributed by atoms with Crippen LogP contribution in [0.3, 0.4) is 0 Å². The lowest BCUT2D eigenvalue weighted by Crippen LogP contribution is -2.42. The van der Waals surface area contributed by atoms with Gasteiger partial charge in [0, 0.05) is 22.7 Å². The van der Waals surface area contributed by atoms with Gasteiger partial charge in [-0.05, 0) is 45.4 Å². The van der Waals surface area contributed by atoms with Crippen molar-refractivity contribution in [2.45, 2.75) is 39.7 Å².